The minimum Gasteiger partial charge on any atom is -0.490 e. The Morgan fingerprint density at radius 2 is 2.03 bits per heavy atom. The van der Waals surface area contributed by atoms with Crippen molar-refractivity contribution >= 4 is 28.9 Å². The zero-order valence-corrected chi connectivity index (χ0v) is 17.4. The lowest BCUT2D eigenvalue weighted by molar-refractivity contribution is -0.120. The molecule has 158 valence electrons. The highest BCUT2D eigenvalue weighted by molar-refractivity contribution is 6.32. The first kappa shape index (κ1) is 21.9. The van der Waals surface area contributed by atoms with Crippen molar-refractivity contribution < 1.29 is 18.7 Å². The van der Waals surface area contributed by atoms with Crippen molar-refractivity contribution in [1.82, 2.24) is 0 Å². The van der Waals surface area contributed by atoms with E-state index in [4.69, 9.17) is 21.1 Å². The summed E-state index contributed by atoms with van der Waals surface area (Å²) in [6, 6.07) is 11.4. The lowest BCUT2D eigenvalue weighted by Crippen LogP contribution is -2.38. The Hall–Kier alpha value is -2.82. The van der Waals surface area contributed by atoms with Crippen LogP contribution in [-0.2, 0) is 9.53 Å². The molecule has 1 heterocycles. The van der Waals surface area contributed by atoms with Gasteiger partial charge in [-0.25, -0.2) is 4.39 Å². The molecule has 0 aromatic heterocycles. The Labute approximate surface area is 180 Å². The number of carbonyl (C=O) groups excluding carboxylic acids is 1. The summed E-state index contributed by atoms with van der Waals surface area (Å²) in [5.41, 5.74) is 1.62. The molecule has 0 aliphatic carbocycles. The van der Waals surface area contributed by atoms with Crippen molar-refractivity contribution in [1.29, 1.82) is 5.26 Å². The fourth-order valence-corrected chi connectivity index (χ4v) is 3.67. The number of carbonyl (C=O) groups is 1. The smallest absolute Gasteiger partial charge is 0.227 e. The van der Waals surface area contributed by atoms with Gasteiger partial charge in [-0.1, -0.05) is 11.6 Å². The van der Waals surface area contributed by atoms with Crippen LogP contribution in [0.5, 0.6) is 5.75 Å². The van der Waals surface area contributed by atoms with Crippen LogP contribution in [0.2, 0.25) is 5.02 Å². The Morgan fingerprint density at radius 1 is 1.27 bits per heavy atom. The van der Waals surface area contributed by atoms with Crippen LogP contribution in [0.1, 0.15) is 18.4 Å². The molecule has 1 amide bonds. The molecule has 6 nitrogen and oxygen atoms in total. The van der Waals surface area contributed by atoms with E-state index in [9.17, 15) is 14.4 Å². The maximum absolute atomic E-state index is 13.4. The standard InChI is InChI=1S/C22H23ClFN3O3/c1-29-10-11-30-21-5-3-18(13-19(21)23)26-22(28)15-6-8-27(9-7-15)20-4-2-17(24)12-16(20)14-25/h2-5,12-13,15H,6-11H2,1H3,(H,26,28). The maximum atomic E-state index is 13.4. The molecule has 2 aromatic rings. The molecule has 1 aliphatic rings. The van der Waals surface area contributed by atoms with Gasteiger partial charge < -0.3 is 19.7 Å². The molecule has 8 heteroatoms. The van der Waals surface area contributed by atoms with Gasteiger partial charge in [0.15, 0.2) is 0 Å². The average Bonchev–Trinajstić information content (AvgIpc) is 2.75. The topological polar surface area (TPSA) is 74.6 Å². The Balaban J connectivity index is 1.56. The van der Waals surface area contributed by atoms with E-state index in [2.05, 4.69) is 5.32 Å². The third kappa shape index (κ3) is 5.41. The Morgan fingerprint density at radius 3 is 2.70 bits per heavy atom. The van der Waals surface area contributed by atoms with Gasteiger partial charge >= 0.3 is 0 Å². The van der Waals surface area contributed by atoms with E-state index in [1.54, 1.807) is 31.4 Å². The van der Waals surface area contributed by atoms with Gasteiger partial charge in [0, 0.05) is 31.8 Å². The average molecular weight is 432 g/mol. The SMILES string of the molecule is COCCOc1ccc(NC(=O)C2CCN(c3ccc(F)cc3C#N)CC2)cc1Cl. The molecule has 0 bridgehead atoms. The molecule has 0 spiro atoms. The molecule has 1 saturated heterocycles. The molecule has 30 heavy (non-hydrogen) atoms. The first-order chi connectivity index (χ1) is 14.5. The number of hydrogen-bond acceptors (Lipinski definition) is 5. The molecule has 0 unspecified atom stereocenters. The van der Waals surface area contributed by atoms with Crippen molar-refractivity contribution in [3.8, 4) is 11.8 Å². The number of benzene rings is 2. The molecule has 2 aromatic carbocycles. The summed E-state index contributed by atoms with van der Waals surface area (Å²) in [4.78, 5) is 14.7. The maximum Gasteiger partial charge on any atom is 0.227 e. The van der Waals surface area contributed by atoms with Gasteiger partial charge in [0.25, 0.3) is 0 Å². The number of nitrogens with zero attached hydrogens (tertiary/aromatic N) is 2. The number of hydrogen-bond donors (Lipinski definition) is 1. The van der Waals surface area contributed by atoms with E-state index in [1.807, 2.05) is 11.0 Å². The Bertz CT molecular complexity index is 940. The lowest BCUT2D eigenvalue weighted by atomic mass is 9.95. The monoisotopic (exact) mass is 431 g/mol. The third-order valence-corrected chi connectivity index (χ3v) is 5.33. The van der Waals surface area contributed by atoms with Crippen molar-refractivity contribution in [3.63, 3.8) is 0 Å². The molecule has 1 N–H and O–H groups in total. The van der Waals surface area contributed by atoms with E-state index in [0.717, 1.165) is 0 Å². The number of nitriles is 1. The van der Waals surface area contributed by atoms with E-state index >= 15 is 0 Å². The predicted molar refractivity (Wildman–Crippen MR) is 114 cm³/mol. The molecule has 0 saturated carbocycles. The van der Waals surface area contributed by atoms with Gasteiger partial charge in [-0.3, -0.25) is 4.79 Å². The number of ether oxygens (including phenoxy) is 2. The van der Waals surface area contributed by atoms with E-state index in [-0.39, 0.29) is 11.8 Å². The zero-order valence-electron chi connectivity index (χ0n) is 16.7. The molecule has 1 fully saturated rings. The molecule has 0 atom stereocenters. The fourth-order valence-electron chi connectivity index (χ4n) is 3.43. The van der Waals surface area contributed by atoms with Crippen LogP contribution in [0, 0.1) is 23.1 Å². The molecule has 1 aliphatic heterocycles. The fraction of sp³-hybridized carbons (Fsp3) is 0.364. The summed E-state index contributed by atoms with van der Waals surface area (Å²) >= 11 is 6.23. The summed E-state index contributed by atoms with van der Waals surface area (Å²) in [5.74, 6) is -0.118. The second-order valence-electron chi connectivity index (χ2n) is 7.01. The van der Waals surface area contributed by atoms with E-state index in [0.29, 0.717) is 66.9 Å². The van der Waals surface area contributed by atoms with Crippen LogP contribution in [0.3, 0.4) is 0 Å². The molecule has 3 rings (SSSR count). The van der Waals surface area contributed by atoms with Crippen molar-refractivity contribution in [2.24, 2.45) is 5.92 Å². The second-order valence-corrected chi connectivity index (χ2v) is 7.42. The third-order valence-electron chi connectivity index (χ3n) is 5.03. The quantitative estimate of drug-likeness (QED) is 0.664. The van der Waals surface area contributed by atoms with Gasteiger partial charge in [0.05, 0.1) is 22.9 Å². The van der Waals surface area contributed by atoms with Gasteiger partial charge in [-0.15, -0.1) is 0 Å². The van der Waals surface area contributed by atoms with Crippen LogP contribution in [-0.4, -0.2) is 39.3 Å². The van der Waals surface area contributed by atoms with Gasteiger partial charge in [0.1, 0.15) is 24.2 Å². The number of amides is 1. The van der Waals surface area contributed by atoms with Gasteiger partial charge in [0.2, 0.25) is 5.91 Å². The normalized spacial score (nSPS) is 14.3. The number of methoxy groups -OCH3 is 1. The summed E-state index contributed by atoms with van der Waals surface area (Å²) < 4.78 is 23.8. The number of nitrogens with one attached hydrogen (secondary N) is 1. The minimum absolute atomic E-state index is 0.0709. The Kier molecular flexibility index (Phi) is 7.50. The minimum atomic E-state index is -0.432. The second kappa shape index (κ2) is 10.3. The highest BCUT2D eigenvalue weighted by Gasteiger charge is 2.26. The van der Waals surface area contributed by atoms with Gasteiger partial charge in [-0.2, -0.15) is 5.26 Å². The number of rotatable bonds is 7. The lowest BCUT2D eigenvalue weighted by Gasteiger charge is -2.33. The number of piperidine rings is 1. The highest BCUT2D eigenvalue weighted by Crippen LogP contribution is 2.30. The summed E-state index contributed by atoms with van der Waals surface area (Å²) in [7, 11) is 1.59. The van der Waals surface area contributed by atoms with Crippen molar-refractivity contribution in [3.05, 3.63) is 52.8 Å². The van der Waals surface area contributed by atoms with Crippen LogP contribution in [0.15, 0.2) is 36.4 Å². The summed E-state index contributed by atoms with van der Waals surface area (Å²) in [6.45, 7) is 2.08. The highest BCUT2D eigenvalue weighted by atomic mass is 35.5. The first-order valence-corrected chi connectivity index (χ1v) is 10.1. The molecular formula is C22H23ClFN3O3. The van der Waals surface area contributed by atoms with E-state index in [1.165, 1.54) is 12.1 Å². The van der Waals surface area contributed by atoms with Gasteiger partial charge in [-0.05, 0) is 49.2 Å². The molecule has 0 radical (unpaired) electrons. The molecular weight excluding hydrogens is 409 g/mol. The zero-order chi connectivity index (χ0) is 21.5. The largest absolute Gasteiger partial charge is 0.490 e. The summed E-state index contributed by atoms with van der Waals surface area (Å²) in [5, 5.41) is 12.6. The van der Waals surface area contributed by atoms with Crippen LogP contribution in [0.4, 0.5) is 15.8 Å². The van der Waals surface area contributed by atoms with Crippen molar-refractivity contribution in [2.75, 3.05) is 43.6 Å². The predicted octanol–water partition coefficient (Wildman–Crippen LogP) is 4.23. The first-order valence-electron chi connectivity index (χ1n) is 9.68. The number of anilines is 2. The van der Waals surface area contributed by atoms with Crippen LogP contribution >= 0.6 is 11.6 Å². The van der Waals surface area contributed by atoms with Crippen LogP contribution in [0.25, 0.3) is 0 Å². The van der Waals surface area contributed by atoms with E-state index < -0.39 is 5.82 Å². The summed E-state index contributed by atoms with van der Waals surface area (Å²) in [6.07, 6.45) is 1.28. The number of halogens is 2. The van der Waals surface area contributed by atoms with Crippen LogP contribution < -0.4 is 15.0 Å². The van der Waals surface area contributed by atoms with Crippen molar-refractivity contribution in [2.45, 2.75) is 12.8 Å².